The maximum atomic E-state index is 12.0. The van der Waals surface area contributed by atoms with Crippen LogP contribution in [0.15, 0.2) is 0 Å². The molecule has 1 aliphatic carbocycles. The summed E-state index contributed by atoms with van der Waals surface area (Å²) in [4.78, 5) is 12.0. The van der Waals surface area contributed by atoms with Crippen molar-refractivity contribution in [3.63, 3.8) is 0 Å². The Morgan fingerprint density at radius 2 is 2.06 bits per heavy atom. The second-order valence-corrected chi connectivity index (χ2v) is 6.01. The standard InChI is InChI=1S/C14H28N2O/c1-6-8-11-9-12(11)15-10(3)13(17)16-14(4,5)7-2/h10-12,15H,6-9H2,1-5H3,(H,16,17). The topological polar surface area (TPSA) is 41.1 Å². The summed E-state index contributed by atoms with van der Waals surface area (Å²) in [6, 6.07) is 0.494. The van der Waals surface area contributed by atoms with Gasteiger partial charge in [0.2, 0.25) is 5.91 Å². The van der Waals surface area contributed by atoms with Crippen molar-refractivity contribution >= 4 is 5.91 Å². The lowest BCUT2D eigenvalue weighted by Crippen LogP contribution is -2.51. The third kappa shape index (κ3) is 4.66. The summed E-state index contributed by atoms with van der Waals surface area (Å²) in [5.74, 6) is 0.924. The fourth-order valence-electron chi connectivity index (χ4n) is 2.07. The summed E-state index contributed by atoms with van der Waals surface area (Å²) in [5, 5.41) is 6.51. The van der Waals surface area contributed by atoms with Crippen molar-refractivity contribution in [2.45, 2.75) is 77.9 Å². The molecule has 1 rings (SSSR count). The van der Waals surface area contributed by atoms with E-state index in [-0.39, 0.29) is 17.5 Å². The molecule has 2 N–H and O–H groups in total. The van der Waals surface area contributed by atoms with Crippen LogP contribution < -0.4 is 10.6 Å². The third-order valence-corrected chi connectivity index (χ3v) is 3.78. The van der Waals surface area contributed by atoms with E-state index in [9.17, 15) is 4.79 Å². The second kappa shape index (κ2) is 5.85. The molecule has 0 radical (unpaired) electrons. The first-order chi connectivity index (χ1) is 7.89. The van der Waals surface area contributed by atoms with Crippen molar-refractivity contribution in [1.82, 2.24) is 10.6 Å². The molecule has 3 nitrogen and oxygen atoms in total. The number of hydrogen-bond acceptors (Lipinski definition) is 2. The Morgan fingerprint density at radius 3 is 2.59 bits per heavy atom. The highest BCUT2D eigenvalue weighted by molar-refractivity contribution is 5.82. The van der Waals surface area contributed by atoms with E-state index in [2.05, 4.69) is 38.3 Å². The van der Waals surface area contributed by atoms with Gasteiger partial charge >= 0.3 is 0 Å². The Hall–Kier alpha value is -0.570. The molecule has 3 unspecified atom stereocenters. The predicted molar refractivity (Wildman–Crippen MR) is 71.9 cm³/mol. The zero-order valence-corrected chi connectivity index (χ0v) is 12.0. The van der Waals surface area contributed by atoms with Gasteiger partial charge in [0.1, 0.15) is 0 Å². The molecular formula is C14H28N2O. The molecular weight excluding hydrogens is 212 g/mol. The lowest BCUT2D eigenvalue weighted by Gasteiger charge is -2.26. The molecule has 1 aliphatic rings. The molecule has 0 aromatic rings. The van der Waals surface area contributed by atoms with Gasteiger partial charge in [0.05, 0.1) is 6.04 Å². The number of carbonyl (C=O) groups is 1. The highest BCUT2D eigenvalue weighted by Gasteiger charge is 2.37. The van der Waals surface area contributed by atoms with Gasteiger partial charge in [0.25, 0.3) is 0 Å². The van der Waals surface area contributed by atoms with Gasteiger partial charge in [-0.3, -0.25) is 4.79 Å². The van der Waals surface area contributed by atoms with Gasteiger partial charge in [-0.15, -0.1) is 0 Å². The summed E-state index contributed by atoms with van der Waals surface area (Å²) in [5.41, 5.74) is -0.0978. The average molecular weight is 240 g/mol. The summed E-state index contributed by atoms with van der Waals surface area (Å²) >= 11 is 0. The van der Waals surface area contributed by atoms with E-state index in [0.29, 0.717) is 6.04 Å². The molecule has 3 atom stereocenters. The molecule has 1 saturated carbocycles. The first-order valence-corrected chi connectivity index (χ1v) is 6.97. The fourth-order valence-corrected chi connectivity index (χ4v) is 2.07. The zero-order chi connectivity index (χ0) is 13.1. The molecule has 0 heterocycles. The molecule has 100 valence electrons. The van der Waals surface area contributed by atoms with Crippen molar-refractivity contribution in [3.05, 3.63) is 0 Å². The number of carbonyl (C=O) groups excluding carboxylic acids is 1. The van der Waals surface area contributed by atoms with Crippen LogP contribution >= 0.6 is 0 Å². The van der Waals surface area contributed by atoms with Gasteiger partial charge in [-0.25, -0.2) is 0 Å². The van der Waals surface area contributed by atoms with Crippen molar-refractivity contribution < 1.29 is 4.79 Å². The van der Waals surface area contributed by atoms with Crippen LogP contribution in [-0.4, -0.2) is 23.5 Å². The lowest BCUT2D eigenvalue weighted by atomic mass is 10.0. The Bertz CT molecular complexity index is 263. The molecule has 1 amide bonds. The number of hydrogen-bond donors (Lipinski definition) is 2. The van der Waals surface area contributed by atoms with Crippen molar-refractivity contribution in [3.8, 4) is 0 Å². The monoisotopic (exact) mass is 240 g/mol. The maximum Gasteiger partial charge on any atom is 0.237 e. The minimum Gasteiger partial charge on any atom is -0.350 e. The number of rotatable bonds is 7. The van der Waals surface area contributed by atoms with Gasteiger partial charge in [0.15, 0.2) is 0 Å². The van der Waals surface area contributed by atoms with Gasteiger partial charge in [-0.1, -0.05) is 20.3 Å². The Kier molecular flexibility index (Phi) is 4.99. The molecule has 0 spiro atoms. The Balaban J connectivity index is 2.29. The fraction of sp³-hybridized carbons (Fsp3) is 0.929. The van der Waals surface area contributed by atoms with Crippen molar-refractivity contribution in [2.75, 3.05) is 0 Å². The Morgan fingerprint density at radius 1 is 1.41 bits per heavy atom. The van der Waals surface area contributed by atoms with E-state index < -0.39 is 0 Å². The van der Waals surface area contributed by atoms with Crippen LogP contribution in [0.2, 0.25) is 0 Å². The van der Waals surface area contributed by atoms with Crippen molar-refractivity contribution in [1.29, 1.82) is 0 Å². The Labute approximate surface area is 106 Å². The van der Waals surface area contributed by atoms with Gasteiger partial charge in [-0.2, -0.15) is 0 Å². The van der Waals surface area contributed by atoms with Crippen LogP contribution in [0.5, 0.6) is 0 Å². The SMILES string of the molecule is CCCC1CC1NC(C)C(=O)NC(C)(C)CC. The van der Waals surface area contributed by atoms with E-state index in [1.54, 1.807) is 0 Å². The molecule has 0 aliphatic heterocycles. The summed E-state index contributed by atoms with van der Waals surface area (Å²) in [7, 11) is 0. The zero-order valence-electron chi connectivity index (χ0n) is 12.0. The van der Waals surface area contributed by atoms with E-state index in [1.807, 2.05) is 6.92 Å². The first-order valence-electron chi connectivity index (χ1n) is 6.97. The maximum absolute atomic E-state index is 12.0. The van der Waals surface area contributed by atoms with E-state index in [0.717, 1.165) is 12.3 Å². The predicted octanol–water partition coefficient (Wildman–Crippen LogP) is 2.46. The molecule has 0 aromatic heterocycles. The van der Waals surface area contributed by atoms with E-state index in [4.69, 9.17) is 0 Å². The van der Waals surface area contributed by atoms with Gasteiger partial charge < -0.3 is 10.6 Å². The molecule has 0 saturated heterocycles. The first kappa shape index (κ1) is 14.5. The summed E-state index contributed by atoms with van der Waals surface area (Å²) in [6.45, 7) is 10.4. The normalized spacial score (nSPS) is 25.5. The molecule has 0 aromatic carbocycles. The summed E-state index contributed by atoms with van der Waals surface area (Å²) in [6.07, 6.45) is 4.72. The van der Waals surface area contributed by atoms with E-state index >= 15 is 0 Å². The summed E-state index contributed by atoms with van der Waals surface area (Å²) < 4.78 is 0. The molecule has 0 bridgehead atoms. The number of amides is 1. The smallest absolute Gasteiger partial charge is 0.237 e. The largest absolute Gasteiger partial charge is 0.350 e. The van der Waals surface area contributed by atoms with Crippen LogP contribution in [0.3, 0.4) is 0 Å². The minimum absolute atomic E-state index is 0.0762. The van der Waals surface area contributed by atoms with Crippen LogP contribution in [-0.2, 0) is 4.79 Å². The quantitative estimate of drug-likeness (QED) is 0.717. The minimum atomic E-state index is -0.0978. The number of nitrogens with one attached hydrogen (secondary N) is 2. The molecule has 17 heavy (non-hydrogen) atoms. The van der Waals surface area contributed by atoms with E-state index in [1.165, 1.54) is 19.3 Å². The van der Waals surface area contributed by atoms with Crippen LogP contribution in [0, 0.1) is 5.92 Å². The highest BCUT2D eigenvalue weighted by atomic mass is 16.2. The highest BCUT2D eigenvalue weighted by Crippen LogP contribution is 2.34. The lowest BCUT2D eigenvalue weighted by molar-refractivity contribution is -0.124. The average Bonchev–Trinajstić information content (AvgIpc) is 2.96. The third-order valence-electron chi connectivity index (χ3n) is 3.78. The van der Waals surface area contributed by atoms with Gasteiger partial charge in [-0.05, 0) is 46.0 Å². The second-order valence-electron chi connectivity index (χ2n) is 6.01. The van der Waals surface area contributed by atoms with Gasteiger partial charge in [0, 0.05) is 11.6 Å². The van der Waals surface area contributed by atoms with Crippen LogP contribution in [0.25, 0.3) is 0 Å². The van der Waals surface area contributed by atoms with Crippen molar-refractivity contribution in [2.24, 2.45) is 5.92 Å². The van der Waals surface area contributed by atoms with Crippen LogP contribution in [0.1, 0.15) is 60.3 Å². The molecule has 3 heteroatoms. The molecule has 1 fully saturated rings. The van der Waals surface area contributed by atoms with Crippen LogP contribution in [0.4, 0.5) is 0 Å².